The topological polar surface area (TPSA) is 190 Å². The van der Waals surface area contributed by atoms with Crippen LogP contribution in [0.1, 0.15) is 81.1 Å². The van der Waals surface area contributed by atoms with Gasteiger partial charge in [0.25, 0.3) is 0 Å². The van der Waals surface area contributed by atoms with E-state index in [1.807, 2.05) is 55.4 Å². The van der Waals surface area contributed by atoms with E-state index in [0.717, 1.165) is 0 Å². The monoisotopic (exact) mass is 692 g/mol. The molecule has 16 heteroatoms. The molecular weight excluding hydrogens is 632 g/mol. The van der Waals surface area contributed by atoms with Gasteiger partial charge in [-0.05, 0) is 0 Å². The Bertz CT molecular complexity index is 831. The second-order valence-corrected chi connectivity index (χ2v) is 12.9. The quantitative estimate of drug-likeness (QED) is 0.168. The van der Waals surface area contributed by atoms with Gasteiger partial charge in [0.15, 0.2) is 0 Å². The maximum atomic E-state index is 10.9. The van der Waals surface area contributed by atoms with Crippen molar-refractivity contribution in [1.29, 1.82) is 0 Å². The lowest BCUT2D eigenvalue weighted by molar-refractivity contribution is -0.160. The van der Waals surface area contributed by atoms with Crippen LogP contribution in [0.2, 0.25) is 0 Å². The van der Waals surface area contributed by atoms with Gasteiger partial charge in [0.2, 0.25) is 25.2 Å². The van der Waals surface area contributed by atoms with E-state index in [-0.39, 0.29) is 48.0 Å². The van der Waals surface area contributed by atoms with Crippen LogP contribution in [0.5, 0.6) is 0 Å². The number of hydrogen-bond donors (Lipinski definition) is 4. The fraction of sp³-hybridized carbons (Fsp3) is 0.875. The Morgan fingerprint density at radius 3 is 0.708 bits per heavy atom. The van der Waals surface area contributed by atoms with Crippen molar-refractivity contribution < 1.29 is 57.1 Å². The minimum absolute atomic E-state index is 0.00231. The van der Waals surface area contributed by atoms with E-state index < -0.39 is 25.2 Å². The van der Waals surface area contributed by atoms with Gasteiger partial charge in [0.1, 0.15) is 0 Å². The number of ether oxygens (including phenoxy) is 8. The summed E-state index contributed by atoms with van der Waals surface area (Å²) in [6.45, 7) is 16.2. The average Bonchev–Trinajstić information content (AvgIpc) is 3.73. The third kappa shape index (κ3) is 16.3. The number of nitrogens with one attached hydrogen (secondary N) is 4. The van der Waals surface area contributed by atoms with Crippen molar-refractivity contribution in [2.45, 2.75) is 155 Å². The largest absolute Gasteiger partial charge is 0.434 e. The van der Waals surface area contributed by atoms with E-state index in [0.29, 0.717) is 49.9 Å². The van der Waals surface area contributed by atoms with Crippen LogP contribution in [0.15, 0.2) is 0 Å². The summed E-state index contributed by atoms with van der Waals surface area (Å²) in [5.41, 5.74) is 0. The molecule has 4 fully saturated rings. The zero-order valence-corrected chi connectivity index (χ0v) is 30.7. The first-order chi connectivity index (χ1) is 22.5. The zero-order valence-electron chi connectivity index (χ0n) is 30.7. The van der Waals surface area contributed by atoms with Gasteiger partial charge in [-0.3, -0.25) is 19.2 Å². The van der Waals surface area contributed by atoms with Gasteiger partial charge in [0, 0.05) is 52.6 Å². The SMILES string of the molecule is COC1OC(=O)CC1NC(C)C.COC1OC(=O)CC1NC(C)C.COC1OC(=O)CC1NC(C)C.COC1OC(=O)CC1NC(C)C. The third-order valence-electron chi connectivity index (χ3n) is 6.97. The molecule has 0 aromatic heterocycles. The number of rotatable bonds is 12. The highest BCUT2D eigenvalue weighted by Gasteiger charge is 2.37. The Balaban J connectivity index is 0.000000320. The number of carbonyl (C=O) groups excluding carboxylic acids is 4. The zero-order chi connectivity index (χ0) is 36.6. The molecule has 16 nitrogen and oxygen atoms in total. The Hall–Kier alpha value is -2.44. The van der Waals surface area contributed by atoms with Gasteiger partial charge in [0.05, 0.1) is 49.9 Å². The number of hydrogen-bond acceptors (Lipinski definition) is 16. The summed E-state index contributed by atoms with van der Waals surface area (Å²) >= 11 is 0. The Labute approximate surface area is 285 Å². The minimum Gasteiger partial charge on any atom is -0.434 e. The molecule has 0 saturated carbocycles. The summed E-state index contributed by atoms with van der Waals surface area (Å²) in [6, 6.07) is 1.35. The van der Waals surface area contributed by atoms with Gasteiger partial charge >= 0.3 is 23.9 Å². The fourth-order valence-electron chi connectivity index (χ4n) is 5.25. The smallest absolute Gasteiger partial charge is 0.309 e. The first-order valence-electron chi connectivity index (χ1n) is 16.5. The number of cyclic esters (lactones) is 4. The van der Waals surface area contributed by atoms with Crippen LogP contribution < -0.4 is 21.3 Å². The summed E-state index contributed by atoms with van der Waals surface area (Å²) in [6.07, 6.45) is -0.0691. The first kappa shape index (κ1) is 43.6. The van der Waals surface area contributed by atoms with Gasteiger partial charge in [-0.25, -0.2) is 0 Å². The molecule has 4 aliphatic heterocycles. The second-order valence-electron chi connectivity index (χ2n) is 12.9. The van der Waals surface area contributed by atoms with Crippen molar-refractivity contribution in [3.8, 4) is 0 Å². The molecule has 0 spiro atoms. The molecule has 0 aromatic rings. The molecular formula is C32H60N4O12. The van der Waals surface area contributed by atoms with Crippen LogP contribution in [0.25, 0.3) is 0 Å². The van der Waals surface area contributed by atoms with Gasteiger partial charge in [-0.15, -0.1) is 0 Å². The summed E-state index contributed by atoms with van der Waals surface area (Å²) in [5, 5.41) is 12.8. The van der Waals surface area contributed by atoms with E-state index in [1.54, 1.807) is 0 Å². The molecule has 0 amide bonds. The van der Waals surface area contributed by atoms with Crippen molar-refractivity contribution in [1.82, 2.24) is 21.3 Å². The van der Waals surface area contributed by atoms with Crippen LogP contribution in [-0.2, 0) is 57.1 Å². The van der Waals surface area contributed by atoms with Crippen LogP contribution in [0, 0.1) is 0 Å². The first-order valence-corrected chi connectivity index (χ1v) is 16.5. The summed E-state index contributed by atoms with van der Waals surface area (Å²) < 4.78 is 39.6. The molecule has 0 radical (unpaired) electrons. The molecule has 4 aliphatic rings. The molecule has 0 aromatic carbocycles. The van der Waals surface area contributed by atoms with Crippen molar-refractivity contribution in [2.75, 3.05) is 28.4 Å². The molecule has 4 rings (SSSR count). The highest BCUT2D eigenvalue weighted by molar-refractivity contribution is 5.73. The predicted octanol–water partition coefficient (Wildman–Crippen LogP) is 1.09. The maximum absolute atomic E-state index is 10.9. The molecule has 8 atom stereocenters. The normalized spacial score (nSPS) is 29.5. The Morgan fingerprint density at radius 2 is 0.583 bits per heavy atom. The van der Waals surface area contributed by atoms with Gasteiger partial charge in [-0.1, -0.05) is 55.4 Å². The minimum atomic E-state index is -0.417. The molecule has 48 heavy (non-hydrogen) atoms. The predicted molar refractivity (Wildman–Crippen MR) is 174 cm³/mol. The molecule has 4 heterocycles. The van der Waals surface area contributed by atoms with Crippen molar-refractivity contribution in [3.05, 3.63) is 0 Å². The number of esters is 4. The second kappa shape index (κ2) is 22.3. The Kier molecular flexibility index (Phi) is 20.3. The third-order valence-corrected chi connectivity index (χ3v) is 6.97. The van der Waals surface area contributed by atoms with E-state index in [1.165, 1.54) is 28.4 Å². The molecule has 8 unspecified atom stereocenters. The lowest BCUT2D eigenvalue weighted by Gasteiger charge is -2.19. The Morgan fingerprint density at radius 1 is 0.417 bits per heavy atom. The van der Waals surface area contributed by atoms with Crippen molar-refractivity contribution in [2.24, 2.45) is 0 Å². The molecule has 280 valence electrons. The molecule has 0 aliphatic carbocycles. The molecule has 0 bridgehead atoms. The van der Waals surface area contributed by atoms with Crippen molar-refractivity contribution >= 4 is 23.9 Å². The lowest BCUT2D eigenvalue weighted by atomic mass is 10.2. The van der Waals surface area contributed by atoms with Crippen LogP contribution in [-0.4, -0.2) is 126 Å². The summed E-state index contributed by atoms with van der Waals surface area (Å²) in [7, 11) is 6.16. The summed E-state index contributed by atoms with van der Waals surface area (Å²) in [5.74, 6) is -0.778. The van der Waals surface area contributed by atoms with E-state index >= 15 is 0 Å². The van der Waals surface area contributed by atoms with Gasteiger partial charge in [-0.2, -0.15) is 0 Å². The van der Waals surface area contributed by atoms with Gasteiger partial charge < -0.3 is 59.2 Å². The standard InChI is InChI=1S/4C8H15NO3/c4*1-5(2)9-6-4-7(10)12-8(6)11-3/h4*5-6,8-9H,4H2,1-3H3. The van der Waals surface area contributed by atoms with Crippen LogP contribution in [0.3, 0.4) is 0 Å². The number of carbonyl (C=O) groups is 4. The lowest BCUT2D eigenvalue weighted by Crippen LogP contribution is -2.41. The fourth-order valence-corrected chi connectivity index (χ4v) is 5.25. The molecule has 4 saturated heterocycles. The van der Waals surface area contributed by atoms with Crippen LogP contribution >= 0.6 is 0 Å². The van der Waals surface area contributed by atoms with Crippen molar-refractivity contribution in [3.63, 3.8) is 0 Å². The number of methoxy groups -OCH3 is 4. The highest BCUT2D eigenvalue weighted by atomic mass is 16.7. The van der Waals surface area contributed by atoms with E-state index in [9.17, 15) is 19.2 Å². The van der Waals surface area contributed by atoms with E-state index in [4.69, 9.17) is 37.9 Å². The average molecular weight is 693 g/mol. The summed E-state index contributed by atoms with van der Waals surface area (Å²) in [4.78, 5) is 43.4. The maximum Gasteiger partial charge on any atom is 0.309 e. The molecule has 4 N–H and O–H groups in total. The van der Waals surface area contributed by atoms with Crippen LogP contribution in [0.4, 0.5) is 0 Å². The van der Waals surface area contributed by atoms with E-state index in [2.05, 4.69) is 21.3 Å². The highest BCUT2D eigenvalue weighted by Crippen LogP contribution is 2.18.